The largest absolute Gasteiger partial charge is 0.466 e. The second kappa shape index (κ2) is 6.28. The third kappa shape index (κ3) is 3.66. The number of hydrogen-bond acceptors (Lipinski definition) is 3. The lowest BCUT2D eigenvalue weighted by molar-refractivity contribution is -0.143. The van der Waals surface area contributed by atoms with Gasteiger partial charge in [-0.25, -0.2) is 0 Å². The van der Waals surface area contributed by atoms with Crippen molar-refractivity contribution in [3.05, 3.63) is 35.4 Å². The van der Waals surface area contributed by atoms with Crippen LogP contribution in [0.5, 0.6) is 0 Å². The molecule has 1 atom stereocenters. The first-order valence-electron chi connectivity index (χ1n) is 5.54. The maximum atomic E-state index is 11.1. The molecule has 0 bridgehead atoms. The van der Waals surface area contributed by atoms with Gasteiger partial charge in [0.25, 0.3) is 0 Å². The summed E-state index contributed by atoms with van der Waals surface area (Å²) in [6, 6.07) is 7.64. The minimum Gasteiger partial charge on any atom is -0.466 e. The fourth-order valence-corrected chi connectivity index (χ4v) is 1.60. The fraction of sp³-hybridized carbons (Fsp3) is 0.462. The van der Waals surface area contributed by atoms with Crippen LogP contribution in [0, 0.1) is 6.92 Å². The van der Waals surface area contributed by atoms with E-state index in [1.807, 2.05) is 31.2 Å². The number of benzene rings is 1. The summed E-state index contributed by atoms with van der Waals surface area (Å²) in [7, 11) is 0. The Morgan fingerprint density at radius 3 is 2.75 bits per heavy atom. The predicted octanol–water partition coefficient (Wildman–Crippen LogP) is 2.37. The summed E-state index contributed by atoms with van der Waals surface area (Å²) in [6.45, 7) is 4.11. The summed E-state index contributed by atoms with van der Waals surface area (Å²) in [5.41, 5.74) is 1.92. The lowest BCUT2D eigenvalue weighted by Crippen LogP contribution is -2.07. The Balaban J connectivity index is 2.50. The van der Waals surface area contributed by atoms with Gasteiger partial charge in [-0.05, 0) is 31.4 Å². The first-order chi connectivity index (χ1) is 7.65. The summed E-state index contributed by atoms with van der Waals surface area (Å²) in [5, 5.41) is 9.91. The van der Waals surface area contributed by atoms with Crippen molar-refractivity contribution in [2.45, 2.75) is 32.8 Å². The van der Waals surface area contributed by atoms with E-state index in [0.717, 1.165) is 11.1 Å². The molecule has 0 heterocycles. The maximum absolute atomic E-state index is 11.1. The van der Waals surface area contributed by atoms with Crippen molar-refractivity contribution < 1.29 is 14.6 Å². The van der Waals surface area contributed by atoms with Gasteiger partial charge in [0.1, 0.15) is 0 Å². The highest BCUT2D eigenvalue weighted by molar-refractivity contribution is 5.69. The Labute approximate surface area is 96.1 Å². The highest BCUT2D eigenvalue weighted by Crippen LogP contribution is 2.21. The van der Waals surface area contributed by atoms with Crippen molar-refractivity contribution in [3.8, 4) is 0 Å². The zero-order valence-corrected chi connectivity index (χ0v) is 9.77. The average Bonchev–Trinajstić information content (AvgIpc) is 2.27. The number of carbonyl (C=O) groups is 1. The first kappa shape index (κ1) is 12.7. The Kier molecular flexibility index (Phi) is 4.99. The Bertz CT molecular complexity index is 347. The van der Waals surface area contributed by atoms with E-state index in [1.54, 1.807) is 6.92 Å². The fourth-order valence-electron chi connectivity index (χ4n) is 1.60. The van der Waals surface area contributed by atoms with Crippen molar-refractivity contribution in [2.24, 2.45) is 0 Å². The molecule has 1 aromatic carbocycles. The maximum Gasteiger partial charge on any atom is 0.305 e. The summed E-state index contributed by atoms with van der Waals surface area (Å²) >= 11 is 0. The molecular formula is C13H18O3. The third-order valence-corrected chi connectivity index (χ3v) is 2.47. The average molecular weight is 222 g/mol. The van der Waals surface area contributed by atoms with E-state index in [4.69, 9.17) is 4.74 Å². The SMILES string of the molecule is CCOC(=O)CCC(O)c1ccccc1C. The molecule has 3 nitrogen and oxygen atoms in total. The summed E-state index contributed by atoms with van der Waals surface area (Å²) in [5.74, 6) is -0.255. The Morgan fingerprint density at radius 1 is 1.44 bits per heavy atom. The summed E-state index contributed by atoms with van der Waals surface area (Å²) < 4.78 is 4.81. The van der Waals surface area contributed by atoms with Crippen LogP contribution in [-0.2, 0) is 9.53 Å². The van der Waals surface area contributed by atoms with Crippen molar-refractivity contribution in [2.75, 3.05) is 6.61 Å². The van der Waals surface area contributed by atoms with Gasteiger partial charge in [-0.15, -0.1) is 0 Å². The van der Waals surface area contributed by atoms with Gasteiger partial charge in [-0.2, -0.15) is 0 Å². The van der Waals surface area contributed by atoms with Crippen LogP contribution >= 0.6 is 0 Å². The van der Waals surface area contributed by atoms with E-state index < -0.39 is 6.10 Å². The topological polar surface area (TPSA) is 46.5 Å². The van der Waals surface area contributed by atoms with Crippen LogP contribution < -0.4 is 0 Å². The molecule has 0 spiro atoms. The third-order valence-electron chi connectivity index (χ3n) is 2.47. The molecule has 0 aliphatic carbocycles. The molecule has 16 heavy (non-hydrogen) atoms. The number of aliphatic hydroxyl groups is 1. The summed E-state index contributed by atoms with van der Waals surface area (Å²) in [4.78, 5) is 11.1. The molecule has 0 aliphatic rings. The molecule has 0 radical (unpaired) electrons. The van der Waals surface area contributed by atoms with Gasteiger partial charge < -0.3 is 9.84 Å². The second-order valence-corrected chi connectivity index (χ2v) is 3.72. The van der Waals surface area contributed by atoms with Crippen LogP contribution in [0.3, 0.4) is 0 Å². The first-order valence-corrected chi connectivity index (χ1v) is 5.54. The smallest absolute Gasteiger partial charge is 0.305 e. The van der Waals surface area contributed by atoms with Gasteiger partial charge in [0, 0.05) is 6.42 Å². The molecular weight excluding hydrogens is 204 g/mol. The number of esters is 1. The van der Waals surface area contributed by atoms with E-state index in [0.29, 0.717) is 13.0 Å². The minimum absolute atomic E-state index is 0.253. The van der Waals surface area contributed by atoms with Crippen LogP contribution in [0.1, 0.15) is 37.0 Å². The van der Waals surface area contributed by atoms with Crippen molar-refractivity contribution >= 4 is 5.97 Å². The van der Waals surface area contributed by atoms with Gasteiger partial charge in [0.05, 0.1) is 12.7 Å². The number of carbonyl (C=O) groups excluding carboxylic acids is 1. The normalized spacial score (nSPS) is 12.2. The van der Waals surface area contributed by atoms with E-state index in [1.165, 1.54) is 0 Å². The number of ether oxygens (including phenoxy) is 1. The number of rotatable bonds is 5. The molecule has 1 N–H and O–H groups in total. The molecule has 1 rings (SSSR count). The molecule has 0 saturated heterocycles. The molecule has 0 saturated carbocycles. The molecule has 0 aromatic heterocycles. The van der Waals surface area contributed by atoms with Crippen molar-refractivity contribution in [1.29, 1.82) is 0 Å². The zero-order valence-electron chi connectivity index (χ0n) is 9.77. The quantitative estimate of drug-likeness (QED) is 0.778. The van der Waals surface area contributed by atoms with Gasteiger partial charge >= 0.3 is 5.97 Å². The van der Waals surface area contributed by atoms with Crippen LogP contribution in [0.4, 0.5) is 0 Å². The van der Waals surface area contributed by atoms with Crippen molar-refractivity contribution in [1.82, 2.24) is 0 Å². The number of aliphatic hydroxyl groups excluding tert-OH is 1. The Morgan fingerprint density at radius 2 is 2.12 bits per heavy atom. The second-order valence-electron chi connectivity index (χ2n) is 3.72. The lowest BCUT2D eigenvalue weighted by atomic mass is 10.0. The van der Waals surface area contributed by atoms with E-state index >= 15 is 0 Å². The lowest BCUT2D eigenvalue weighted by Gasteiger charge is -2.12. The van der Waals surface area contributed by atoms with Crippen LogP contribution in [0.2, 0.25) is 0 Å². The van der Waals surface area contributed by atoms with E-state index in [-0.39, 0.29) is 12.4 Å². The van der Waals surface area contributed by atoms with Crippen LogP contribution in [-0.4, -0.2) is 17.7 Å². The molecule has 1 unspecified atom stereocenters. The minimum atomic E-state index is -0.592. The monoisotopic (exact) mass is 222 g/mol. The Hall–Kier alpha value is -1.35. The molecule has 88 valence electrons. The highest BCUT2D eigenvalue weighted by Gasteiger charge is 2.12. The molecule has 0 fully saturated rings. The van der Waals surface area contributed by atoms with E-state index in [2.05, 4.69) is 0 Å². The van der Waals surface area contributed by atoms with Gasteiger partial charge in [-0.3, -0.25) is 4.79 Å². The number of hydrogen-bond donors (Lipinski definition) is 1. The molecule has 0 aliphatic heterocycles. The molecule has 3 heteroatoms. The van der Waals surface area contributed by atoms with Crippen LogP contribution in [0.25, 0.3) is 0 Å². The van der Waals surface area contributed by atoms with Crippen molar-refractivity contribution in [3.63, 3.8) is 0 Å². The highest BCUT2D eigenvalue weighted by atomic mass is 16.5. The van der Waals surface area contributed by atoms with E-state index in [9.17, 15) is 9.90 Å². The van der Waals surface area contributed by atoms with Gasteiger partial charge in [-0.1, -0.05) is 24.3 Å². The standard InChI is InChI=1S/C13H18O3/c1-3-16-13(15)9-8-12(14)11-7-5-4-6-10(11)2/h4-7,12,14H,3,8-9H2,1-2H3. The van der Waals surface area contributed by atoms with Gasteiger partial charge in [0.2, 0.25) is 0 Å². The zero-order chi connectivity index (χ0) is 12.0. The number of aryl methyl sites for hydroxylation is 1. The van der Waals surface area contributed by atoms with Gasteiger partial charge in [0.15, 0.2) is 0 Å². The van der Waals surface area contributed by atoms with Crippen LogP contribution in [0.15, 0.2) is 24.3 Å². The summed E-state index contributed by atoms with van der Waals surface area (Å²) in [6.07, 6.45) is 0.0677. The molecule has 1 aromatic rings. The molecule has 0 amide bonds. The predicted molar refractivity (Wildman–Crippen MR) is 62.0 cm³/mol.